The summed E-state index contributed by atoms with van der Waals surface area (Å²) in [5.74, 6) is 0.410. The van der Waals surface area contributed by atoms with Crippen molar-refractivity contribution in [2.75, 3.05) is 45.8 Å². The second-order valence-corrected chi connectivity index (χ2v) is 8.64. The summed E-state index contributed by atoms with van der Waals surface area (Å²) in [6.45, 7) is 14.8. The number of carbonyl (C=O) groups is 2. The van der Waals surface area contributed by atoms with Gasteiger partial charge in [0.15, 0.2) is 5.65 Å². The molecule has 8 heteroatoms. The van der Waals surface area contributed by atoms with Crippen molar-refractivity contribution < 1.29 is 9.59 Å². The zero-order chi connectivity index (χ0) is 22.7. The summed E-state index contributed by atoms with van der Waals surface area (Å²) in [5.41, 5.74) is 3.17. The van der Waals surface area contributed by atoms with Crippen LogP contribution in [0.1, 0.15) is 61.8 Å². The third kappa shape index (κ3) is 4.89. The first-order valence-corrected chi connectivity index (χ1v) is 11.4. The quantitative estimate of drug-likeness (QED) is 0.706. The highest BCUT2D eigenvalue weighted by Crippen LogP contribution is 2.26. The fraction of sp³-hybridized carbons (Fsp3) is 0.652. The van der Waals surface area contributed by atoms with Gasteiger partial charge in [0.05, 0.1) is 23.2 Å². The van der Waals surface area contributed by atoms with E-state index in [2.05, 4.69) is 23.8 Å². The zero-order valence-corrected chi connectivity index (χ0v) is 19.8. The topological polar surface area (TPSA) is 74.6 Å². The van der Waals surface area contributed by atoms with Gasteiger partial charge in [0.2, 0.25) is 5.91 Å². The van der Waals surface area contributed by atoms with Crippen LogP contribution < -0.4 is 0 Å². The van der Waals surface area contributed by atoms with E-state index >= 15 is 0 Å². The van der Waals surface area contributed by atoms with E-state index in [0.29, 0.717) is 31.7 Å². The van der Waals surface area contributed by atoms with Crippen LogP contribution in [0.15, 0.2) is 6.07 Å². The molecule has 0 bridgehead atoms. The SMILES string of the molecule is CCN(CC)C(=O)CN1CCCN(C(=O)c2cc(C(C)C)nc3c2c(C)nn3C)CC1. The Morgan fingerprint density at radius 2 is 1.84 bits per heavy atom. The number of aromatic nitrogens is 3. The van der Waals surface area contributed by atoms with Crippen LogP contribution in [0.5, 0.6) is 0 Å². The number of rotatable bonds is 6. The highest BCUT2D eigenvalue weighted by Gasteiger charge is 2.26. The maximum atomic E-state index is 13.6. The Kier molecular flexibility index (Phi) is 7.30. The molecule has 0 atom stereocenters. The third-order valence-electron chi connectivity index (χ3n) is 6.16. The lowest BCUT2D eigenvalue weighted by molar-refractivity contribution is -0.132. The number of aryl methyl sites for hydroxylation is 2. The molecule has 3 rings (SSSR count). The summed E-state index contributed by atoms with van der Waals surface area (Å²) in [4.78, 5) is 36.8. The fourth-order valence-electron chi connectivity index (χ4n) is 4.30. The Labute approximate surface area is 185 Å². The van der Waals surface area contributed by atoms with Gasteiger partial charge in [0.25, 0.3) is 5.91 Å². The lowest BCUT2D eigenvalue weighted by atomic mass is 10.0. The van der Waals surface area contributed by atoms with E-state index in [1.807, 2.05) is 43.7 Å². The molecule has 0 N–H and O–H groups in total. The normalized spacial score (nSPS) is 15.5. The van der Waals surface area contributed by atoms with Crippen molar-refractivity contribution in [3.63, 3.8) is 0 Å². The number of carbonyl (C=O) groups excluding carboxylic acids is 2. The molecule has 0 spiro atoms. The van der Waals surface area contributed by atoms with E-state index in [-0.39, 0.29) is 17.7 Å². The summed E-state index contributed by atoms with van der Waals surface area (Å²) in [7, 11) is 1.87. The number of amides is 2. The van der Waals surface area contributed by atoms with E-state index in [9.17, 15) is 9.59 Å². The lowest BCUT2D eigenvalue weighted by Gasteiger charge is -2.25. The van der Waals surface area contributed by atoms with Crippen molar-refractivity contribution in [3.05, 3.63) is 23.0 Å². The van der Waals surface area contributed by atoms with Crippen molar-refractivity contribution in [3.8, 4) is 0 Å². The number of nitrogens with zero attached hydrogens (tertiary/aromatic N) is 6. The molecule has 3 heterocycles. The molecule has 2 amide bonds. The molecule has 0 aromatic carbocycles. The monoisotopic (exact) mass is 428 g/mol. The van der Waals surface area contributed by atoms with Crippen LogP contribution >= 0.6 is 0 Å². The number of hydrogen-bond acceptors (Lipinski definition) is 5. The molecule has 0 radical (unpaired) electrons. The van der Waals surface area contributed by atoms with Gasteiger partial charge in [-0.3, -0.25) is 19.2 Å². The van der Waals surface area contributed by atoms with E-state index in [1.54, 1.807) is 4.68 Å². The van der Waals surface area contributed by atoms with Crippen LogP contribution in [0.2, 0.25) is 0 Å². The van der Waals surface area contributed by atoms with E-state index in [1.165, 1.54) is 0 Å². The maximum absolute atomic E-state index is 13.6. The average Bonchev–Trinajstić information content (AvgIpc) is 2.90. The van der Waals surface area contributed by atoms with Crippen LogP contribution in [0.3, 0.4) is 0 Å². The smallest absolute Gasteiger partial charge is 0.254 e. The molecule has 0 aliphatic carbocycles. The lowest BCUT2D eigenvalue weighted by Crippen LogP contribution is -2.42. The molecular weight excluding hydrogens is 392 g/mol. The Morgan fingerprint density at radius 1 is 1.13 bits per heavy atom. The maximum Gasteiger partial charge on any atom is 0.254 e. The van der Waals surface area contributed by atoms with E-state index in [4.69, 9.17) is 4.98 Å². The van der Waals surface area contributed by atoms with Gasteiger partial charge >= 0.3 is 0 Å². The van der Waals surface area contributed by atoms with Crippen LogP contribution in [0.25, 0.3) is 11.0 Å². The average molecular weight is 429 g/mol. The van der Waals surface area contributed by atoms with Crippen LogP contribution in [-0.2, 0) is 11.8 Å². The van der Waals surface area contributed by atoms with Gasteiger partial charge in [-0.05, 0) is 39.2 Å². The summed E-state index contributed by atoms with van der Waals surface area (Å²) >= 11 is 0. The van der Waals surface area contributed by atoms with Gasteiger partial charge < -0.3 is 9.80 Å². The fourth-order valence-corrected chi connectivity index (χ4v) is 4.30. The van der Waals surface area contributed by atoms with Gasteiger partial charge in [-0.25, -0.2) is 4.98 Å². The second kappa shape index (κ2) is 9.77. The summed E-state index contributed by atoms with van der Waals surface area (Å²) in [6.07, 6.45) is 0.856. The predicted octanol–water partition coefficient (Wildman–Crippen LogP) is 2.42. The third-order valence-corrected chi connectivity index (χ3v) is 6.16. The summed E-state index contributed by atoms with van der Waals surface area (Å²) in [6, 6.07) is 1.94. The first-order valence-electron chi connectivity index (χ1n) is 11.4. The molecule has 1 fully saturated rings. The number of likely N-dealkylation sites (N-methyl/N-ethyl adjacent to an activating group) is 1. The standard InChI is InChI=1S/C23H36N6O2/c1-7-28(8-2)20(30)15-27-10-9-11-29(13-12-27)23(31)18-14-19(16(3)4)24-22-21(18)17(5)25-26(22)6/h14,16H,7-13,15H2,1-6H3. The number of hydrogen-bond donors (Lipinski definition) is 0. The van der Waals surface area contributed by atoms with Crippen molar-refractivity contribution in [2.45, 2.75) is 47.0 Å². The molecule has 8 nitrogen and oxygen atoms in total. The summed E-state index contributed by atoms with van der Waals surface area (Å²) < 4.78 is 1.76. The largest absolute Gasteiger partial charge is 0.342 e. The van der Waals surface area contributed by atoms with Crippen LogP contribution in [0, 0.1) is 6.92 Å². The second-order valence-electron chi connectivity index (χ2n) is 8.64. The molecule has 1 aliphatic heterocycles. The minimum absolute atomic E-state index is 0.0299. The minimum atomic E-state index is 0.0299. The number of pyridine rings is 1. The molecule has 1 aliphatic rings. The summed E-state index contributed by atoms with van der Waals surface area (Å²) in [5, 5.41) is 5.35. The predicted molar refractivity (Wildman–Crippen MR) is 122 cm³/mol. The highest BCUT2D eigenvalue weighted by atomic mass is 16.2. The molecule has 1 saturated heterocycles. The zero-order valence-electron chi connectivity index (χ0n) is 19.8. The first-order chi connectivity index (χ1) is 14.8. The molecule has 0 saturated carbocycles. The van der Waals surface area contributed by atoms with Crippen molar-refractivity contribution in [2.24, 2.45) is 7.05 Å². The Hall–Kier alpha value is -2.48. The van der Waals surface area contributed by atoms with Gasteiger partial charge in [-0.1, -0.05) is 13.8 Å². The van der Waals surface area contributed by atoms with E-state index < -0.39 is 0 Å². The molecule has 0 unspecified atom stereocenters. The van der Waals surface area contributed by atoms with Crippen LogP contribution in [0.4, 0.5) is 0 Å². The highest BCUT2D eigenvalue weighted by molar-refractivity contribution is 6.06. The minimum Gasteiger partial charge on any atom is -0.342 e. The van der Waals surface area contributed by atoms with Gasteiger partial charge in [0, 0.05) is 52.0 Å². The molecule has 2 aromatic rings. The molecular formula is C23H36N6O2. The molecule has 170 valence electrons. The van der Waals surface area contributed by atoms with Gasteiger partial charge in [0.1, 0.15) is 0 Å². The Bertz CT molecular complexity index is 947. The van der Waals surface area contributed by atoms with E-state index in [0.717, 1.165) is 48.5 Å². The van der Waals surface area contributed by atoms with Gasteiger partial charge in [-0.15, -0.1) is 0 Å². The van der Waals surface area contributed by atoms with Gasteiger partial charge in [-0.2, -0.15) is 5.10 Å². The van der Waals surface area contributed by atoms with Crippen molar-refractivity contribution >= 4 is 22.8 Å². The van der Waals surface area contributed by atoms with Crippen LogP contribution in [-0.4, -0.2) is 87.1 Å². The Morgan fingerprint density at radius 3 is 2.48 bits per heavy atom. The Balaban J connectivity index is 1.81. The number of fused-ring (bicyclic) bond motifs is 1. The molecule has 2 aromatic heterocycles. The first kappa shape index (κ1) is 23.2. The molecule has 31 heavy (non-hydrogen) atoms. The van der Waals surface area contributed by atoms with Crippen molar-refractivity contribution in [1.29, 1.82) is 0 Å². The van der Waals surface area contributed by atoms with Crippen molar-refractivity contribution in [1.82, 2.24) is 29.5 Å².